The van der Waals surface area contributed by atoms with Crippen molar-refractivity contribution in [1.29, 1.82) is 0 Å². The lowest BCUT2D eigenvalue weighted by molar-refractivity contribution is -0.119. The van der Waals surface area contributed by atoms with Gasteiger partial charge in [-0.25, -0.2) is 9.37 Å². The summed E-state index contributed by atoms with van der Waals surface area (Å²) in [5.74, 6) is 0.152. The summed E-state index contributed by atoms with van der Waals surface area (Å²) in [7, 11) is 1.59. The number of H-pyrrole nitrogens is 1. The number of hydrogen-bond acceptors (Lipinski definition) is 5. The molecular formula is C24H23FN4O3S. The molecule has 0 unspecified atom stereocenters. The van der Waals surface area contributed by atoms with Crippen molar-refractivity contribution in [3.63, 3.8) is 0 Å². The van der Waals surface area contributed by atoms with Crippen LogP contribution in [0.3, 0.4) is 0 Å². The van der Waals surface area contributed by atoms with Crippen molar-refractivity contribution in [2.75, 3.05) is 12.9 Å². The van der Waals surface area contributed by atoms with Crippen LogP contribution in [-0.2, 0) is 4.79 Å². The lowest BCUT2D eigenvalue weighted by Gasteiger charge is -2.16. The summed E-state index contributed by atoms with van der Waals surface area (Å²) in [6.45, 7) is 3.72. The van der Waals surface area contributed by atoms with Gasteiger partial charge in [-0.3, -0.25) is 14.2 Å². The predicted octanol–water partition coefficient (Wildman–Crippen LogP) is 4.14. The molecule has 4 rings (SSSR count). The van der Waals surface area contributed by atoms with E-state index in [0.717, 1.165) is 23.0 Å². The minimum Gasteiger partial charge on any atom is -0.497 e. The zero-order valence-corrected chi connectivity index (χ0v) is 19.2. The van der Waals surface area contributed by atoms with E-state index in [4.69, 9.17) is 4.74 Å². The molecule has 2 aromatic carbocycles. The molecule has 4 aromatic rings. The number of aromatic amines is 1. The lowest BCUT2D eigenvalue weighted by Crippen LogP contribution is -2.29. The van der Waals surface area contributed by atoms with Gasteiger partial charge in [-0.05, 0) is 61.9 Å². The molecule has 1 atom stereocenters. The second kappa shape index (κ2) is 9.50. The summed E-state index contributed by atoms with van der Waals surface area (Å²) >= 11 is 1.14. The Morgan fingerprint density at radius 2 is 2.00 bits per heavy atom. The van der Waals surface area contributed by atoms with Crippen molar-refractivity contribution in [3.8, 4) is 11.4 Å². The Morgan fingerprint density at radius 1 is 1.24 bits per heavy atom. The van der Waals surface area contributed by atoms with Crippen molar-refractivity contribution >= 4 is 28.7 Å². The van der Waals surface area contributed by atoms with E-state index in [1.807, 2.05) is 38.1 Å². The molecule has 1 amide bonds. The highest BCUT2D eigenvalue weighted by atomic mass is 32.2. The second-order valence-electron chi connectivity index (χ2n) is 7.58. The van der Waals surface area contributed by atoms with Crippen LogP contribution < -0.4 is 15.6 Å². The van der Waals surface area contributed by atoms with E-state index in [1.165, 1.54) is 28.8 Å². The van der Waals surface area contributed by atoms with Crippen LogP contribution in [0.15, 0.2) is 64.5 Å². The molecule has 0 saturated heterocycles. The number of carbonyl (C=O) groups is 1. The van der Waals surface area contributed by atoms with Crippen molar-refractivity contribution in [2.45, 2.75) is 25.0 Å². The highest BCUT2D eigenvalue weighted by Gasteiger charge is 2.17. The van der Waals surface area contributed by atoms with Crippen LogP contribution in [0.5, 0.6) is 5.75 Å². The molecule has 0 aliphatic heterocycles. The van der Waals surface area contributed by atoms with Crippen LogP contribution in [0.1, 0.15) is 24.2 Å². The van der Waals surface area contributed by atoms with Crippen LogP contribution in [0, 0.1) is 12.7 Å². The Balaban J connectivity index is 1.58. The van der Waals surface area contributed by atoms with E-state index >= 15 is 0 Å². The van der Waals surface area contributed by atoms with Gasteiger partial charge in [0.1, 0.15) is 17.1 Å². The molecule has 0 radical (unpaired) electrons. The number of hydrogen-bond donors (Lipinski definition) is 2. The number of ether oxygens (including phenoxy) is 1. The summed E-state index contributed by atoms with van der Waals surface area (Å²) in [4.78, 5) is 33.5. The number of nitrogens with one attached hydrogen (secondary N) is 2. The number of thioether (sulfide) groups is 1. The van der Waals surface area contributed by atoms with Crippen LogP contribution in [0.2, 0.25) is 0 Å². The molecule has 2 N–H and O–H groups in total. The highest BCUT2D eigenvalue weighted by molar-refractivity contribution is 7.99. The number of rotatable bonds is 7. The molecule has 0 saturated carbocycles. The smallest absolute Gasteiger partial charge is 0.283 e. The molecular weight excluding hydrogens is 443 g/mol. The molecule has 33 heavy (non-hydrogen) atoms. The van der Waals surface area contributed by atoms with E-state index in [9.17, 15) is 14.0 Å². The number of aryl methyl sites for hydroxylation is 1. The number of aromatic nitrogens is 3. The van der Waals surface area contributed by atoms with Gasteiger partial charge < -0.3 is 15.0 Å². The average molecular weight is 467 g/mol. The third-order valence-electron chi connectivity index (χ3n) is 5.14. The Kier molecular flexibility index (Phi) is 6.50. The lowest BCUT2D eigenvalue weighted by atomic mass is 10.1. The Hall–Kier alpha value is -3.59. The molecule has 9 heteroatoms. The fraction of sp³-hybridized carbons (Fsp3) is 0.208. The topological polar surface area (TPSA) is 89.0 Å². The summed E-state index contributed by atoms with van der Waals surface area (Å²) in [6, 6.07) is 14.6. The fourth-order valence-corrected chi connectivity index (χ4v) is 4.32. The maximum absolute atomic E-state index is 13.4. The fourth-order valence-electron chi connectivity index (χ4n) is 3.50. The van der Waals surface area contributed by atoms with Gasteiger partial charge in [0.25, 0.3) is 5.56 Å². The van der Waals surface area contributed by atoms with E-state index in [1.54, 1.807) is 13.2 Å². The van der Waals surface area contributed by atoms with Crippen LogP contribution in [0.4, 0.5) is 4.39 Å². The summed E-state index contributed by atoms with van der Waals surface area (Å²) < 4.78 is 20.1. The third kappa shape index (κ3) is 4.93. The quantitative estimate of drug-likeness (QED) is 0.316. The number of benzene rings is 2. The summed E-state index contributed by atoms with van der Waals surface area (Å²) in [6.07, 6.45) is 0. The van der Waals surface area contributed by atoms with E-state index in [2.05, 4.69) is 15.3 Å². The Morgan fingerprint density at radius 3 is 2.73 bits per heavy atom. The third-order valence-corrected chi connectivity index (χ3v) is 6.08. The minimum atomic E-state index is -0.406. The molecule has 0 aliphatic carbocycles. The molecule has 170 valence electrons. The Labute approximate surface area is 194 Å². The first-order valence-electron chi connectivity index (χ1n) is 10.3. The van der Waals surface area contributed by atoms with Gasteiger partial charge >= 0.3 is 0 Å². The summed E-state index contributed by atoms with van der Waals surface area (Å²) in [5.41, 5.74) is 2.74. The van der Waals surface area contributed by atoms with Crippen molar-refractivity contribution in [2.24, 2.45) is 0 Å². The summed E-state index contributed by atoms with van der Waals surface area (Å²) in [5, 5.41) is 3.30. The predicted molar refractivity (Wildman–Crippen MR) is 127 cm³/mol. The highest BCUT2D eigenvalue weighted by Crippen LogP contribution is 2.23. The maximum atomic E-state index is 13.4. The number of fused-ring (bicyclic) bond motifs is 1. The first-order chi connectivity index (χ1) is 15.9. The van der Waals surface area contributed by atoms with Gasteiger partial charge in [-0.1, -0.05) is 23.9 Å². The molecule has 0 spiro atoms. The van der Waals surface area contributed by atoms with Gasteiger partial charge in [-0.15, -0.1) is 0 Å². The van der Waals surface area contributed by atoms with Gasteiger partial charge in [-0.2, -0.15) is 0 Å². The van der Waals surface area contributed by atoms with Crippen molar-refractivity contribution in [1.82, 2.24) is 19.9 Å². The number of carbonyl (C=O) groups excluding carboxylic acids is 1. The van der Waals surface area contributed by atoms with Gasteiger partial charge in [0.2, 0.25) is 5.91 Å². The minimum absolute atomic E-state index is 0.0524. The molecule has 0 fully saturated rings. The number of nitrogens with zero attached hydrogens (tertiary/aromatic N) is 2. The molecule has 0 bridgehead atoms. The molecule has 7 nitrogen and oxygen atoms in total. The maximum Gasteiger partial charge on any atom is 0.283 e. The first-order valence-corrected chi connectivity index (χ1v) is 11.3. The normalized spacial score (nSPS) is 12.0. The second-order valence-corrected chi connectivity index (χ2v) is 8.52. The van der Waals surface area contributed by atoms with Crippen LogP contribution in [0.25, 0.3) is 16.7 Å². The molecule has 0 aliphatic rings. The van der Waals surface area contributed by atoms with Crippen molar-refractivity contribution in [3.05, 3.63) is 82.0 Å². The Bertz CT molecular complexity index is 1360. The largest absolute Gasteiger partial charge is 0.497 e. The van der Waals surface area contributed by atoms with Gasteiger partial charge in [0.05, 0.1) is 30.1 Å². The molecule has 2 heterocycles. The van der Waals surface area contributed by atoms with Gasteiger partial charge in [0.15, 0.2) is 5.16 Å². The van der Waals surface area contributed by atoms with Crippen LogP contribution in [-0.4, -0.2) is 33.3 Å². The van der Waals surface area contributed by atoms with E-state index < -0.39 is 5.82 Å². The monoisotopic (exact) mass is 466 g/mol. The average Bonchev–Trinajstić information content (AvgIpc) is 3.19. The number of methoxy groups -OCH3 is 1. The van der Waals surface area contributed by atoms with Crippen LogP contribution >= 0.6 is 11.8 Å². The van der Waals surface area contributed by atoms with Crippen molar-refractivity contribution < 1.29 is 13.9 Å². The standard InChI is InChI=1S/C24H23FN4O3S/c1-14-11-20-22(26-14)23(31)29(18-9-7-17(25)8-10-18)24(28-20)33-13-21(30)27-15(2)16-5-4-6-19(12-16)32-3/h4-12,15,26H,13H2,1-3H3,(H,27,30)/t15-/m1/s1. The van der Waals surface area contributed by atoms with E-state index in [-0.39, 0.29) is 23.3 Å². The first kappa shape index (κ1) is 22.6. The number of halogens is 1. The zero-order chi connectivity index (χ0) is 23.5. The van der Waals surface area contributed by atoms with Gasteiger partial charge in [0, 0.05) is 5.69 Å². The van der Waals surface area contributed by atoms with E-state index in [0.29, 0.717) is 27.6 Å². The molecule has 2 aromatic heterocycles. The SMILES string of the molecule is COc1cccc([C@@H](C)NC(=O)CSc2nc3cc(C)[nH]c3c(=O)n2-c2ccc(F)cc2)c1. The number of amides is 1. The zero-order valence-electron chi connectivity index (χ0n) is 18.4.